The van der Waals surface area contributed by atoms with Gasteiger partial charge in [0.1, 0.15) is 11.5 Å². The van der Waals surface area contributed by atoms with Crippen LogP contribution in [-0.2, 0) is 6.42 Å². The molecule has 1 atom stereocenters. The second-order valence-corrected chi connectivity index (χ2v) is 7.55. The molecule has 2 aromatic carbocycles. The highest BCUT2D eigenvalue weighted by molar-refractivity contribution is 5.96. The second kappa shape index (κ2) is 8.03. The monoisotopic (exact) mass is 367 g/mol. The van der Waals surface area contributed by atoms with Crippen LogP contribution in [0.4, 0.5) is 0 Å². The Bertz CT molecular complexity index is 842. The Kier molecular flexibility index (Phi) is 5.73. The molecule has 0 unspecified atom stereocenters. The lowest BCUT2D eigenvalue weighted by atomic mass is 9.87. The molecule has 0 saturated heterocycles. The fourth-order valence-electron chi connectivity index (χ4n) is 3.87. The second-order valence-electron chi connectivity index (χ2n) is 7.55. The van der Waals surface area contributed by atoms with Crippen LogP contribution in [0, 0.1) is 6.92 Å². The predicted octanol–water partition coefficient (Wildman–Crippen LogP) is 4.94. The van der Waals surface area contributed by atoms with Crippen molar-refractivity contribution in [3.8, 4) is 11.5 Å². The van der Waals surface area contributed by atoms with Crippen molar-refractivity contribution in [3.05, 3.63) is 58.1 Å². The predicted molar refractivity (Wildman–Crippen MR) is 108 cm³/mol. The largest absolute Gasteiger partial charge is 0.497 e. The fourth-order valence-corrected chi connectivity index (χ4v) is 3.87. The molecule has 1 N–H and O–H groups in total. The lowest BCUT2D eigenvalue weighted by molar-refractivity contribution is 0.0932. The first-order valence-electron chi connectivity index (χ1n) is 9.60. The molecule has 27 heavy (non-hydrogen) atoms. The van der Waals surface area contributed by atoms with Crippen molar-refractivity contribution in [2.45, 2.75) is 52.0 Å². The minimum absolute atomic E-state index is 0.0225. The Morgan fingerprint density at radius 1 is 1.15 bits per heavy atom. The highest BCUT2D eigenvalue weighted by Gasteiger charge is 2.24. The molecule has 1 aliphatic rings. The third-order valence-corrected chi connectivity index (χ3v) is 5.41. The van der Waals surface area contributed by atoms with E-state index in [-0.39, 0.29) is 17.9 Å². The molecule has 1 amide bonds. The minimum Gasteiger partial charge on any atom is -0.497 e. The van der Waals surface area contributed by atoms with E-state index in [1.807, 2.05) is 25.1 Å². The summed E-state index contributed by atoms with van der Waals surface area (Å²) in [5, 5.41) is 3.25. The summed E-state index contributed by atoms with van der Waals surface area (Å²) >= 11 is 0. The number of methoxy groups -OCH3 is 2. The van der Waals surface area contributed by atoms with E-state index in [1.54, 1.807) is 14.2 Å². The normalized spacial score (nSPS) is 16.0. The van der Waals surface area contributed by atoms with Gasteiger partial charge in [-0.1, -0.05) is 19.9 Å². The maximum atomic E-state index is 13.1. The molecule has 0 heterocycles. The van der Waals surface area contributed by atoms with Gasteiger partial charge in [-0.3, -0.25) is 4.79 Å². The highest BCUT2D eigenvalue weighted by atomic mass is 16.5. The zero-order chi connectivity index (χ0) is 19.6. The van der Waals surface area contributed by atoms with Crippen LogP contribution in [0.3, 0.4) is 0 Å². The molecule has 0 fully saturated rings. The van der Waals surface area contributed by atoms with Gasteiger partial charge >= 0.3 is 0 Å². The van der Waals surface area contributed by atoms with Gasteiger partial charge in [-0.05, 0) is 78.6 Å². The molecule has 0 saturated carbocycles. The number of hydrogen-bond donors (Lipinski definition) is 1. The van der Waals surface area contributed by atoms with E-state index in [1.165, 1.54) is 11.1 Å². The maximum absolute atomic E-state index is 13.1. The summed E-state index contributed by atoms with van der Waals surface area (Å²) in [6.07, 6.45) is 3.04. The quantitative estimate of drug-likeness (QED) is 0.814. The first kappa shape index (κ1) is 19.3. The maximum Gasteiger partial charge on any atom is 0.252 e. The zero-order valence-electron chi connectivity index (χ0n) is 16.9. The summed E-state index contributed by atoms with van der Waals surface area (Å²) in [5.41, 5.74) is 5.17. The molecule has 0 aromatic heterocycles. The SMILES string of the molecule is COc1ccc2c(c1)CCC[C@H]2NC(=O)c1cc(C(C)C)c(OC)cc1C. The van der Waals surface area contributed by atoms with E-state index in [9.17, 15) is 4.79 Å². The lowest BCUT2D eigenvalue weighted by Gasteiger charge is -2.27. The number of carbonyl (C=O) groups excluding carboxylic acids is 1. The number of carbonyl (C=O) groups is 1. The Hall–Kier alpha value is -2.49. The Morgan fingerprint density at radius 2 is 1.93 bits per heavy atom. The summed E-state index contributed by atoms with van der Waals surface area (Å²) in [5.74, 6) is 1.98. The molecule has 0 spiro atoms. The number of fused-ring (bicyclic) bond motifs is 1. The van der Waals surface area contributed by atoms with Gasteiger partial charge in [0.05, 0.1) is 20.3 Å². The third-order valence-electron chi connectivity index (χ3n) is 5.41. The Balaban J connectivity index is 1.88. The van der Waals surface area contributed by atoms with E-state index < -0.39 is 0 Å². The standard InChI is InChI=1S/C23H29NO3/c1-14(2)19-13-20(15(3)11-22(19)27-5)23(25)24-21-8-6-7-16-12-17(26-4)9-10-18(16)21/h9-14,21H,6-8H2,1-5H3,(H,24,25)/t21-/m1/s1. The summed E-state index contributed by atoms with van der Waals surface area (Å²) in [7, 11) is 3.36. The Morgan fingerprint density at radius 3 is 2.59 bits per heavy atom. The van der Waals surface area contributed by atoms with Crippen LogP contribution in [0.5, 0.6) is 11.5 Å². The van der Waals surface area contributed by atoms with Crippen LogP contribution in [0.15, 0.2) is 30.3 Å². The number of nitrogens with one attached hydrogen (secondary N) is 1. The van der Waals surface area contributed by atoms with Crippen molar-refractivity contribution < 1.29 is 14.3 Å². The summed E-state index contributed by atoms with van der Waals surface area (Å²) < 4.78 is 10.8. The average molecular weight is 367 g/mol. The van der Waals surface area contributed by atoms with Gasteiger partial charge in [-0.25, -0.2) is 0 Å². The molecule has 3 rings (SSSR count). The van der Waals surface area contributed by atoms with E-state index >= 15 is 0 Å². The van der Waals surface area contributed by atoms with Crippen LogP contribution in [0.1, 0.15) is 71.3 Å². The molecule has 144 valence electrons. The smallest absolute Gasteiger partial charge is 0.252 e. The van der Waals surface area contributed by atoms with Gasteiger partial charge in [0, 0.05) is 5.56 Å². The summed E-state index contributed by atoms with van der Waals surface area (Å²) in [4.78, 5) is 13.1. The number of amides is 1. The van der Waals surface area contributed by atoms with Crippen molar-refractivity contribution in [3.63, 3.8) is 0 Å². The Labute approximate surface area is 161 Å². The third kappa shape index (κ3) is 3.95. The minimum atomic E-state index is -0.0225. The molecule has 4 heteroatoms. The van der Waals surface area contributed by atoms with Crippen molar-refractivity contribution in [1.82, 2.24) is 5.32 Å². The zero-order valence-corrected chi connectivity index (χ0v) is 16.9. The lowest BCUT2D eigenvalue weighted by Crippen LogP contribution is -2.31. The van der Waals surface area contributed by atoms with Crippen LogP contribution in [-0.4, -0.2) is 20.1 Å². The molecule has 1 aliphatic carbocycles. The van der Waals surface area contributed by atoms with Crippen molar-refractivity contribution in [2.75, 3.05) is 14.2 Å². The fraction of sp³-hybridized carbons (Fsp3) is 0.435. The van der Waals surface area contributed by atoms with Crippen LogP contribution in [0.25, 0.3) is 0 Å². The van der Waals surface area contributed by atoms with Gasteiger partial charge in [0.25, 0.3) is 5.91 Å². The number of benzene rings is 2. The topological polar surface area (TPSA) is 47.6 Å². The number of ether oxygens (including phenoxy) is 2. The van der Waals surface area contributed by atoms with Crippen molar-refractivity contribution >= 4 is 5.91 Å². The van der Waals surface area contributed by atoms with E-state index in [4.69, 9.17) is 9.47 Å². The summed E-state index contributed by atoms with van der Waals surface area (Å²) in [6, 6.07) is 10.1. The van der Waals surface area contributed by atoms with Crippen LogP contribution < -0.4 is 14.8 Å². The van der Waals surface area contributed by atoms with Crippen molar-refractivity contribution in [1.29, 1.82) is 0 Å². The number of hydrogen-bond acceptors (Lipinski definition) is 3. The van der Waals surface area contributed by atoms with Gasteiger partial charge < -0.3 is 14.8 Å². The summed E-state index contributed by atoms with van der Waals surface area (Å²) in [6.45, 7) is 6.18. The number of aryl methyl sites for hydroxylation is 2. The molecular formula is C23H29NO3. The highest BCUT2D eigenvalue weighted by Crippen LogP contribution is 2.33. The van der Waals surface area contributed by atoms with Gasteiger partial charge in [-0.15, -0.1) is 0 Å². The first-order chi connectivity index (χ1) is 12.9. The van der Waals surface area contributed by atoms with Gasteiger partial charge in [0.2, 0.25) is 0 Å². The van der Waals surface area contributed by atoms with Crippen molar-refractivity contribution in [2.24, 2.45) is 0 Å². The molecule has 0 aliphatic heterocycles. The van der Waals surface area contributed by atoms with Gasteiger partial charge in [-0.2, -0.15) is 0 Å². The van der Waals surface area contributed by atoms with E-state index in [0.717, 1.165) is 47.5 Å². The molecule has 0 bridgehead atoms. The van der Waals surface area contributed by atoms with Crippen LogP contribution in [0.2, 0.25) is 0 Å². The van der Waals surface area contributed by atoms with Crippen LogP contribution >= 0.6 is 0 Å². The molecule has 4 nitrogen and oxygen atoms in total. The average Bonchev–Trinajstić information content (AvgIpc) is 2.67. The van der Waals surface area contributed by atoms with E-state index in [2.05, 4.69) is 31.3 Å². The first-order valence-corrected chi connectivity index (χ1v) is 9.60. The molecule has 2 aromatic rings. The van der Waals surface area contributed by atoms with E-state index in [0.29, 0.717) is 0 Å². The molecule has 0 radical (unpaired) electrons. The van der Waals surface area contributed by atoms with Gasteiger partial charge in [0.15, 0.2) is 0 Å². The molecular weight excluding hydrogens is 338 g/mol. The number of rotatable bonds is 5.